The van der Waals surface area contributed by atoms with Crippen LogP contribution in [-0.2, 0) is 6.42 Å². The van der Waals surface area contributed by atoms with E-state index in [2.05, 4.69) is 12.1 Å². The molecule has 9 heavy (non-hydrogen) atoms. The molecule has 0 aromatic carbocycles. The molecule has 0 aliphatic rings. The van der Waals surface area contributed by atoms with Crippen molar-refractivity contribution in [1.82, 2.24) is 5.16 Å². The first kappa shape index (κ1) is 6.33. The van der Waals surface area contributed by atoms with Gasteiger partial charge in [0.15, 0.2) is 0 Å². The lowest BCUT2D eigenvalue weighted by Crippen LogP contribution is -1.81. The molecule has 1 aromatic heterocycles. The van der Waals surface area contributed by atoms with E-state index in [0.29, 0.717) is 0 Å². The number of aryl methyl sites for hydroxylation is 2. The van der Waals surface area contributed by atoms with Crippen LogP contribution in [0.5, 0.6) is 0 Å². The minimum atomic E-state index is 1.02. The molecule has 0 aliphatic carbocycles. The summed E-state index contributed by atoms with van der Waals surface area (Å²) in [6.45, 7) is 4.11. The van der Waals surface area contributed by atoms with Crippen molar-refractivity contribution in [2.24, 2.45) is 0 Å². The molecule has 1 heterocycles. The van der Waals surface area contributed by atoms with Crippen LogP contribution < -0.4 is 0 Å². The highest BCUT2D eigenvalue weighted by Crippen LogP contribution is 2.06. The highest BCUT2D eigenvalue weighted by Gasteiger charge is 1.98. The summed E-state index contributed by atoms with van der Waals surface area (Å²) in [6.07, 6.45) is 3.95. The fourth-order valence-electron chi connectivity index (χ4n) is 0.822. The second-order valence-corrected chi connectivity index (χ2v) is 2.18. The van der Waals surface area contributed by atoms with Gasteiger partial charge >= 0.3 is 0 Å². The van der Waals surface area contributed by atoms with Crippen LogP contribution in [-0.4, -0.2) is 5.16 Å². The van der Waals surface area contributed by atoms with Gasteiger partial charge in [0.25, 0.3) is 0 Å². The Labute approximate surface area is 54.9 Å². The van der Waals surface area contributed by atoms with E-state index < -0.39 is 0 Å². The van der Waals surface area contributed by atoms with Crippen molar-refractivity contribution >= 4 is 0 Å². The molecule has 1 aromatic rings. The Hall–Kier alpha value is -0.790. The molecule has 2 nitrogen and oxygen atoms in total. The molecular weight excluding hydrogens is 114 g/mol. The quantitative estimate of drug-likeness (QED) is 0.603. The Morgan fingerprint density at radius 2 is 2.44 bits per heavy atom. The van der Waals surface area contributed by atoms with Crippen molar-refractivity contribution in [3.63, 3.8) is 0 Å². The summed E-state index contributed by atoms with van der Waals surface area (Å²) in [7, 11) is 0. The second-order valence-electron chi connectivity index (χ2n) is 2.18. The Morgan fingerprint density at radius 3 is 2.89 bits per heavy atom. The molecule has 0 aliphatic heterocycles. The Kier molecular flexibility index (Phi) is 1.88. The summed E-state index contributed by atoms with van der Waals surface area (Å²) in [5, 5.41) is 3.76. The topological polar surface area (TPSA) is 26.0 Å². The van der Waals surface area contributed by atoms with Gasteiger partial charge in [-0.1, -0.05) is 18.5 Å². The summed E-state index contributed by atoms with van der Waals surface area (Å²) >= 11 is 0. The van der Waals surface area contributed by atoms with E-state index in [0.717, 1.165) is 18.5 Å². The highest BCUT2D eigenvalue weighted by molar-refractivity contribution is 5.11. The van der Waals surface area contributed by atoms with Crippen LogP contribution >= 0.6 is 0 Å². The van der Waals surface area contributed by atoms with Crippen molar-refractivity contribution in [1.29, 1.82) is 0 Å². The summed E-state index contributed by atoms with van der Waals surface area (Å²) in [4.78, 5) is 0. The maximum atomic E-state index is 4.75. The van der Waals surface area contributed by atoms with Crippen LogP contribution in [0.25, 0.3) is 0 Å². The average Bonchev–Trinajstić information content (AvgIpc) is 2.18. The van der Waals surface area contributed by atoms with Gasteiger partial charge in [-0.2, -0.15) is 0 Å². The van der Waals surface area contributed by atoms with Gasteiger partial charge in [0.1, 0.15) is 6.26 Å². The van der Waals surface area contributed by atoms with Crippen LogP contribution in [0.15, 0.2) is 10.8 Å². The van der Waals surface area contributed by atoms with Crippen molar-refractivity contribution in [3.05, 3.63) is 17.5 Å². The minimum Gasteiger partial charge on any atom is -0.364 e. The molecule has 0 saturated heterocycles. The number of rotatable bonds is 2. The molecule has 2 heteroatoms. The summed E-state index contributed by atoms with van der Waals surface area (Å²) in [5.74, 6) is 0. The minimum absolute atomic E-state index is 1.02. The van der Waals surface area contributed by atoms with Gasteiger partial charge in [-0.05, 0) is 13.3 Å². The largest absolute Gasteiger partial charge is 0.364 e. The van der Waals surface area contributed by atoms with Gasteiger partial charge in [-0.25, -0.2) is 0 Å². The zero-order valence-electron chi connectivity index (χ0n) is 5.85. The van der Waals surface area contributed by atoms with Crippen LogP contribution in [0.3, 0.4) is 0 Å². The molecule has 0 fully saturated rings. The molecule has 0 unspecified atom stereocenters. The van der Waals surface area contributed by atoms with Gasteiger partial charge < -0.3 is 4.52 Å². The molecule has 1 rings (SSSR count). The molecule has 0 radical (unpaired) electrons. The number of nitrogens with zero attached hydrogens (tertiary/aromatic N) is 1. The lowest BCUT2D eigenvalue weighted by molar-refractivity contribution is 0.414. The van der Waals surface area contributed by atoms with E-state index in [9.17, 15) is 0 Å². The predicted octanol–water partition coefficient (Wildman–Crippen LogP) is 1.94. The van der Waals surface area contributed by atoms with Gasteiger partial charge in [-0.3, -0.25) is 0 Å². The molecule has 0 atom stereocenters. The van der Waals surface area contributed by atoms with Crippen molar-refractivity contribution in [2.75, 3.05) is 0 Å². The van der Waals surface area contributed by atoms with Crippen molar-refractivity contribution < 1.29 is 4.52 Å². The molecule has 0 saturated carbocycles. The van der Waals surface area contributed by atoms with E-state index in [1.54, 1.807) is 6.26 Å². The lowest BCUT2D eigenvalue weighted by Gasteiger charge is -1.88. The number of hydrogen-bond acceptors (Lipinski definition) is 2. The van der Waals surface area contributed by atoms with Crippen LogP contribution in [0, 0.1) is 6.92 Å². The Bertz CT molecular complexity index is 181. The maximum Gasteiger partial charge on any atom is 0.127 e. The molecule has 0 amide bonds. The van der Waals surface area contributed by atoms with Crippen molar-refractivity contribution in [2.45, 2.75) is 26.7 Å². The summed E-state index contributed by atoms with van der Waals surface area (Å²) < 4.78 is 4.75. The van der Waals surface area contributed by atoms with Gasteiger partial charge in [-0.15, -0.1) is 0 Å². The first-order valence-electron chi connectivity index (χ1n) is 3.24. The Morgan fingerprint density at radius 1 is 1.67 bits per heavy atom. The fraction of sp³-hybridized carbons (Fsp3) is 0.571. The van der Waals surface area contributed by atoms with Gasteiger partial charge in [0.2, 0.25) is 0 Å². The maximum absolute atomic E-state index is 4.75. The zero-order chi connectivity index (χ0) is 6.69. The summed E-state index contributed by atoms with van der Waals surface area (Å²) in [5.41, 5.74) is 2.26. The van der Waals surface area contributed by atoms with Gasteiger partial charge in [0, 0.05) is 5.56 Å². The predicted molar refractivity (Wildman–Crippen MR) is 35.2 cm³/mol. The van der Waals surface area contributed by atoms with E-state index in [1.165, 1.54) is 5.56 Å². The smallest absolute Gasteiger partial charge is 0.127 e. The van der Waals surface area contributed by atoms with Crippen LogP contribution in [0.2, 0.25) is 0 Å². The van der Waals surface area contributed by atoms with Crippen molar-refractivity contribution in [3.8, 4) is 0 Å². The normalized spacial score (nSPS) is 10.0. The molecule has 0 N–H and O–H groups in total. The lowest BCUT2D eigenvalue weighted by atomic mass is 10.2. The third-order valence-corrected chi connectivity index (χ3v) is 1.37. The number of aromatic nitrogens is 1. The summed E-state index contributed by atoms with van der Waals surface area (Å²) in [6, 6.07) is 0. The zero-order valence-corrected chi connectivity index (χ0v) is 5.85. The SMILES string of the molecule is CCCc1conc1C. The first-order valence-corrected chi connectivity index (χ1v) is 3.24. The third-order valence-electron chi connectivity index (χ3n) is 1.37. The van der Waals surface area contributed by atoms with Crippen LogP contribution in [0.4, 0.5) is 0 Å². The molecule has 50 valence electrons. The van der Waals surface area contributed by atoms with E-state index in [1.807, 2.05) is 6.92 Å². The second kappa shape index (κ2) is 2.67. The fourth-order valence-corrected chi connectivity index (χ4v) is 0.822. The Balaban J connectivity index is 2.69. The molecular formula is C7H11NO. The standard InChI is InChI=1S/C7H11NO/c1-3-4-7-5-9-8-6(7)2/h5H,3-4H2,1-2H3. The highest BCUT2D eigenvalue weighted by atomic mass is 16.5. The molecule has 0 spiro atoms. The number of hydrogen-bond donors (Lipinski definition) is 0. The van der Waals surface area contributed by atoms with E-state index >= 15 is 0 Å². The average molecular weight is 125 g/mol. The molecule has 0 bridgehead atoms. The first-order chi connectivity index (χ1) is 4.34. The van der Waals surface area contributed by atoms with E-state index in [-0.39, 0.29) is 0 Å². The monoisotopic (exact) mass is 125 g/mol. The van der Waals surface area contributed by atoms with Gasteiger partial charge in [0.05, 0.1) is 5.69 Å². The van der Waals surface area contributed by atoms with E-state index in [4.69, 9.17) is 4.52 Å². The van der Waals surface area contributed by atoms with Crippen LogP contribution in [0.1, 0.15) is 24.6 Å². The third kappa shape index (κ3) is 1.31.